The number of allylic oxidation sites excluding steroid dienone is 1. The summed E-state index contributed by atoms with van der Waals surface area (Å²) in [6.07, 6.45) is 2.17. The smallest absolute Gasteiger partial charge is 0.0439 e. The highest BCUT2D eigenvalue weighted by molar-refractivity contribution is 9.10. The van der Waals surface area contributed by atoms with E-state index in [2.05, 4.69) is 61.0 Å². The van der Waals surface area contributed by atoms with E-state index in [9.17, 15) is 0 Å². The topological polar surface area (TPSA) is 0 Å². The summed E-state index contributed by atoms with van der Waals surface area (Å²) in [5.41, 5.74) is 3.72. The molecule has 1 rings (SSSR count). The maximum absolute atomic E-state index is 5.91. The third-order valence-electron chi connectivity index (χ3n) is 2.39. The van der Waals surface area contributed by atoms with Gasteiger partial charge in [-0.2, -0.15) is 0 Å². The van der Waals surface area contributed by atoms with E-state index in [0.717, 1.165) is 4.47 Å². The normalized spacial score (nSPS) is 12.3. The van der Waals surface area contributed by atoms with Crippen molar-refractivity contribution in [1.29, 1.82) is 0 Å². The Bertz CT molecular complexity index is 367. The summed E-state index contributed by atoms with van der Waals surface area (Å²) in [7, 11) is 0. The fraction of sp³-hybridized carbons (Fsp3) is 0.385. The van der Waals surface area contributed by atoms with Gasteiger partial charge in [0.05, 0.1) is 0 Å². The van der Waals surface area contributed by atoms with Crippen LogP contribution in [-0.2, 0) is 0 Å². The first kappa shape index (κ1) is 12.8. The number of hydrogen-bond acceptors (Lipinski definition) is 0. The largest absolute Gasteiger partial charge is 0.122 e. The minimum absolute atomic E-state index is 0.496. The summed E-state index contributed by atoms with van der Waals surface area (Å²) in [6.45, 7) is 6.41. The first-order valence-corrected chi connectivity index (χ1v) is 6.40. The third kappa shape index (κ3) is 3.66. The lowest BCUT2D eigenvalue weighted by molar-refractivity contribution is 0.778. The van der Waals surface area contributed by atoms with Crippen LogP contribution in [0.15, 0.2) is 28.2 Å². The van der Waals surface area contributed by atoms with Crippen molar-refractivity contribution in [3.05, 3.63) is 39.4 Å². The SMILES string of the molecule is Cc1ccc(/C=C(\CCl)C(C)C)c(Br)c1. The summed E-state index contributed by atoms with van der Waals surface area (Å²) < 4.78 is 1.13. The molecule has 0 heterocycles. The Morgan fingerprint density at radius 3 is 2.60 bits per heavy atom. The average Bonchev–Trinajstić information content (AvgIpc) is 2.16. The zero-order valence-corrected chi connectivity index (χ0v) is 11.7. The molecule has 0 aliphatic heterocycles. The average molecular weight is 288 g/mol. The highest BCUT2D eigenvalue weighted by Gasteiger charge is 2.03. The Morgan fingerprint density at radius 1 is 1.47 bits per heavy atom. The van der Waals surface area contributed by atoms with E-state index >= 15 is 0 Å². The maximum atomic E-state index is 5.91. The molecule has 0 fully saturated rings. The molecule has 0 atom stereocenters. The van der Waals surface area contributed by atoms with Gasteiger partial charge in [0.15, 0.2) is 0 Å². The lowest BCUT2D eigenvalue weighted by Gasteiger charge is -2.09. The van der Waals surface area contributed by atoms with Gasteiger partial charge >= 0.3 is 0 Å². The molecule has 0 aliphatic carbocycles. The molecule has 2 heteroatoms. The second-order valence-corrected chi connectivity index (χ2v) is 5.15. The van der Waals surface area contributed by atoms with Crippen LogP contribution in [0.3, 0.4) is 0 Å². The Kier molecular flexibility index (Phi) is 4.88. The van der Waals surface area contributed by atoms with E-state index in [-0.39, 0.29) is 0 Å². The molecule has 1 aromatic rings. The molecule has 0 aliphatic rings. The number of aryl methyl sites for hydroxylation is 1. The summed E-state index contributed by atoms with van der Waals surface area (Å²) in [4.78, 5) is 0. The lowest BCUT2D eigenvalue weighted by atomic mass is 10.0. The van der Waals surface area contributed by atoms with Crippen molar-refractivity contribution in [3.8, 4) is 0 Å². The Balaban J connectivity index is 3.06. The highest BCUT2D eigenvalue weighted by atomic mass is 79.9. The zero-order valence-electron chi connectivity index (χ0n) is 9.35. The van der Waals surface area contributed by atoms with Crippen LogP contribution in [0.25, 0.3) is 6.08 Å². The van der Waals surface area contributed by atoms with Gasteiger partial charge in [-0.1, -0.05) is 53.6 Å². The van der Waals surface area contributed by atoms with Crippen LogP contribution in [0, 0.1) is 12.8 Å². The van der Waals surface area contributed by atoms with E-state index in [0.29, 0.717) is 11.8 Å². The fourth-order valence-electron chi connectivity index (χ4n) is 1.31. The summed E-state index contributed by atoms with van der Waals surface area (Å²) in [5.74, 6) is 1.09. The van der Waals surface area contributed by atoms with Crippen molar-refractivity contribution in [2.24, 2.45) is 5.92 Å². The van der Waals surface area contributed by atoms with Crippen LogP contribution in [0.1, 0.15) is 25.0 Å². The van der Waals surface area contributed by atoms with E-state index in [1.807, 2.05) is 0 Å². The van der Waals surface area contributed by atoms with Crippen molar-refractivity contribution < 1.29 is 0 Å². The molecule has 82 valence electrons. The van der Waals surface area contributed by atoms with Gasteiger partial charge in [0, 0.05) is 10.4 Å². The molecule has 0 aromatic heterocycles. The van der Waals surface area contributed by atoms with Crippen molar-refractivity contribution in [2.75, 3.05) is 5.88 Å². The van der Waals surface area contributed by atoms with Crippen LogP contribution in [0.5, 0.6) is 0 Å². The molecule has 0 saturated carbocycles. The Morgan fingerprint density at radius 2 is 2.13 bits per heavy atom. The molecule has 0 nitrogen and oxygen atoms in total. The molecular weight excluding hydrogens is 272 g/mol. The maximum Gasteiger partial charge on any atom is 0.0439 e. The van der Waals surface area contributed by atoms with E-state index < -0.39 is 0 Å². The molecule has 15 heavy (non-hydrogen) atoms. The van der Waals surface area contributed by atoms with Crippen LogP contribution in [0.2, 0.25) is 0 Å². The minimum atomic E-state index is 0.496. The molecule has 0 unspecified atom stereocenters. The Labute approximate surface area is 105 Å². The molecule has 0 amide bonds. The molecule has 0 saturated heterocycles. The van der Waals surface area contributed by atoms with Crippen molar-refractivity contribution in [2.45, 2.75) is 20.8 Å². The summed E-state index contributed by atoms with van der Waals surface area (Å²) >= 11 is 9.48. The molecule has 1 aromatic carbocycles. The number of alkyl halides is 1. The molecule has 0 radical (unpaired) electrons. The number of hydrogen-bond donors (Lipinski definition) is 0. The standard InChI is InChI=1S/C13H16BrCl/c1-9(2)12(8-15)7-11-5-4-10(3)6-13(11)14/h4-7,9H,8H2,1-3H3/b12-7+. The van der Waals surface area contributed by atoms with Gasteiger partial charge in [-0.15, -0.1) is 11.6 Å². The van der Waals surface area contributed by atoms with E-state index in [1.165, 1.54) is 16.7 Å². The molecular formula is C13H16BrCl. The van der Waals surface area contributed by atoms with Crippen molar-refractivity contribution >= 4 is 33.6 Å². The van der Waals surface area contributed by atoms with E-state index in [4.69, 9.17) is 11.6 Å². The number of halogens is 2. The van der Waals surface area contributed by atoms with Crippen LogP contribution >= 0.6 is 27.5 Å². The highest BCUT2D eigenvalue weighted by Crippen LogP contribution is 2.23. The predicted molar refractivity (Wildman–Crippen MR) is 72.4 cm³/mol. The monoisotopic (exact) mass is 286 g/mol. The van der Waals surface area contributed by atoms with Gasteiger partial charge in [0.25, 0.3) is 0 Å². The van der Waals surface area contributed by atoms with E-state index in [1.54, 1.807) is 0 Å². The summed E-state index contributed by atoms with van der Waals surface area (Å²) in [6, 6.07) is 6.36. The van der Waals surface area contributed by atoms with Gasteiger partial charge in [-0.3, -0.25) is 0 Å². The summed E-state index contributed by atoms with van der Waals surface area (Å²) in [5, 5.41) is 0. The van der Waals surface area contributed by atoms with Crippen LogP contribution in [0.4, 0.5) is 0 Å². The first-order valence-electron chi connectivity index (χ1n) is 5.07. The van der Waals surface area contributed by atoms with Gasteiger partial charge in [0.2, 0.25) is 0 Å². The molecule has 0 bridgehead atoms. The predicted octanol–water partition coefficient (Wildman–Crippen LogP) is 5.04. The second-order valence-electron chi connectivity index (χ2n) is 4.03. The first-order chi connectivity index (χ1) is 7.04. The minimum Gasteiger partial charge on any atom is -0.122 e. The van der Waals surface area contributed by atoms with Gasteiger partial charge < -0.3 is 0 Å². The van der Waals surface area contributed by atoms with Crippen molar-refractivity contribution in [1.82, 2.24) is 0 Å². The number of rotatable bonds is 3. The van der Waals surface area contributed by atoms with Gasteiger partial charge in [0.1, 0.15) is 0 Å². The quantitative estimate of drug-likeness (QED) is 0.684. The molecule has 0 spiro atoms. The van der Waals surface area contributed by atoms with Gasteiger partial charge in [-0.05, 0) is 30.0 Å². The second kappa shape index (κ2) is 5.72. The van der Waals surface area contributed by atoms with Gasteiger partial charge in [-0.25, -0.2) is 0 Å². The van der Waals surface area contributed by atoms with Crippen LogP contribution in [-0.4, -0.2) is 5.88 Å². The zero-order chi connectivity index (χ0) is 11.4. The Hall–Kier alpha value is -0.270. The molecule has 0 N–H and O–H groups in total. The van der Waals surface area contributed by atoms with Crippen LogP contribution < -0.4 is 0 Å². The number of benzene rings is 1. The fourth-order valence-corrected chi connectivity index (χ4v) is 2.30. The van der Waals surface area contributed by atoms with Crippen molar-refractivity contribution in [3.63, 3.8) is 0 Å². The third-order valence-corrected chi connectivity index (χ3v) is 3.39. The lowest BCUT2D eigenvalue weighted by Crippen LogP contribution is -1.95.